The molecule has 4 aliphatic heterocycles. The second-order valence-electron chi connectivity index (χ2n) is 34.2. The van der Waals surface area contributed by atoms with E-state index in [0.717, 1.165) is 103 Å². The maximum Gasteiger partial charge on any atom is 1.00 e. The SMILES string of the molecule is CCC[N+](C)=C1C(=CC=C2N(CCOCCOCCOC)c3ccc(C)cc3C2(C)C)CCC/C1=C\C=C1\N(CCOCCOCCOC)c2ccc(S(=O)(=O)[O-])cc2C1(C)C.COCCOCCOCCN1C(=CC=C2CCC/C(=C\C=C3\N(CCOCCOCCOC)c4ccc(S(=O)(=O)[O-])cc4C3(C)C)C2=[N+](C)CCO)C(C)(C)c2cc(C)ccc21.[Na+]. The number of anilines is 4. The normalized spacial score (nSPS) is 20.4. The molecule has 1 N–H and O–H groups in total. The van der Waals surface area contributed by atoms with Crippen molar-refractivity contribution in [2.24, 2.45) is 0 Å². The number of ether oxygens (including phenoxy) is 12. The van der Waals surface area contributed by atoms with E-state index >= 15 is 0 Å². The van der Waals surface area contributed by atoms with Crippen LogP contribution in [0.25, 0.3) is 0 Å². The summed E-state index contributed by atoms with van der Waals surface area (Å²) < 4.78 is 144. The van der Waals surface area contributed by atoms with E-state index in [-0.39, 0.29) is 56.8 Å². The minimum atomic E-state index is -4.66. The van der Waals surface area contributed by atoms with Crippen LogP contribution in [0, 0.1) is 13.8 Å². The zero-order chi connectivity index (χ0) is 89.8. The maximum absolute atomic E-state index is 12.2. The molecule has 0 unspecified atom stereocenters. The Bertz CT molecular complexity index is 4510. The van der Waals surface area contributed by atoms with Crippen LogP contribution >= 0.6 is 0 Å². The number of allylic oxidation sites excluding steroid dienone is 16. The molecular formula is C97H140N6NaO19S2+. The summed E-state index contributed by atoms with van der Waals surface area (Å²) in [5.41, 5.74) is 20.7. The number of fused-ring (bicyclic) bond motifs is 4. The van der Waals surface area contributed by atoms with Gasteiger partial charge in [-0.15, -0.1) is 0 Å². The van der Waals surface area contributed by atoms with Gasteiger partial charge in [0.25, 0.3) is 0 Å². The monoisotopic (exact) mass is 1780 g/mol. The standard InChI is InChI=1S/C49H71N3O9S.C48H69N3O10S.Na/c1-10-22-50(7)47-38(15-20-45-48(3,4)41-35-37(2)14-18-43(41)51(45)23-25-58-31-33-60-29-27-56-8)12-11-13-39(47)16-21-46-49(5,6)42-36-40(62(53,54)55)17-19-44(42)52(46)24-26-59-32-34-61-30-28-57-9;1-36-12-16-42-40(34-36)47(2,3)44(50(42)21-24-58-30-32-60-28-26-56-7)18-13-37-10-9-11-38(46(37)49(6)20-23-52)14-19-45-48(4,5)41-35-39(62(53,54)55)15-17-43(41)51(45)22-25-59-31-33-61-29-27-57-8;/h14-21,35-36H,10-13,22-34H2,1-9H3;12-19,34-35,52H,9-11,20-33H2,1-8H3;/q;;+1. The third kappa shape index (κ3) is 27.4. The number of aliphatic hydroxyl groups is 1. The van der Waals surface area contributed by atoms with Crippen molar-refractivity contribution in [2.45, 2.75) is 153 Å². The Kier molecular flexibility index (Phi) is 41.3. The Hall–Kier alpha value is -6.36. The molecule has 2 saturated carbocycles. The minimum Gasteiger partial charge on any atom is -0.744 e. The van der Waals surface area contributed by atoms with E-state index in [1.165, 1.54) is 85.7 Å². The number of likely N-dealkylation sites (N-methyl/N-ethyl adjacent to an activating group) is 1. The van der Waals surface area contributed by atoms with Crippen molar-refractivity contribution < 1.29 is 127 Å². The van der Waals surface area contributed by atoms with E-state index in [0.29, 0.717) is 158 Å². The van der Waals surface area contributed by atoms with Crippen molar-refractivity contribution in [2.75, 3.05) is 240 Å². The number of nitrogens with zero attached hydrogens (tertiary/aromatic N) is 6. The molecule has 0 radical (unpaired) electrons. The predicted octanol–water partition coefficient (Wildman–Crippen LogP) is 10.5. The first-order valence-corrected chi connectivity index (χ1v) is 46.7. The second-order valence-corrected chi connectivity index (χ2v) is 37.0. The van der Waals surface area contributed by atoms with Crippen molar-refractivity contribution in [3.8, 4) is 0 Å². The van der Waals surface area contributed by atoms with Crippen LogP contribution in [0.5, 0.6) is 0 Å². The van der Waals surface area contributed by atoms with Gasteiger partial charge in [-0.1, -0.05) is 122 Å². The predicted molar refractivity (Wildman–Crippen MR) is 489 cm³/mol. The van der Waals surface area contributed by atoms with E-state index in [2.05, 4.69) is 197 Å². The fourth-order valence-corrected chi connectivity index (χ4v) is 18.5. The molecule has 10 rings (SSSR count). The first-order valence-electron chi connectivity index (χ1n) is 43.9. The van der Waals surface area contributed by atoms with Gasteiger partial charge < -0.3 is 90.7 Å². The van der Waals surface area contributed by atoms with Gasteiger partial charge >= 0.3 is 29.6 Å². The Balaban J connectivity index is 0.000000307. The van der Waals surface area contributed by atoms with Crippen molar-refractivity contribution >= 4 is 54.4 Å². The molecule has 0 atom stereocenters. The van der Waals surface area contributed by atoms with Crippen molar-refractivity contribution in [1.82, 2.24) is 0 Å². The summed E-state index contributed by atoms with van der Waals surface area (Å²) in [7, 11) is 1.53. The summed E-state index contributed by atoms with van der Waals surface area (Å²) in [4.78, 5) is 8.70. The second kappa shape index (κ2) is 49.6. The van der Waals surface area contributed by atoms with Gasteiger partial charge in [0.2, 0.25) is 11.4 Å². The maximum atomic E-state index is 12.2. The smallest absolute Gasteiger partial charge is 0.744 e. The number of hydrogen-bond donors (Lipinski definition) is 1. The summed E-state index contributed by atoms with van der Waals surface area (Å²) in [5, 5.41) is 10.2. The Labute approximate surface area is 768 Å². The number of rotatable bonds is 46. The van der Waals surface area contributed by atoms with Gasteiger partial charge in [0, 0.05) is 151 Å². The van der Waals surface area contributed by atoms with Gasteiger partial charge in [-0.05, 0) is 147 Å². The van der Waals surface area contributed by atoms with E-state index < -0.39 is 31.1 Å². The Morgan fingerprint density at radius 2 is 0.608 bits per heavy atom. The molecule has 4 heterocycles. The summed E-state index contributed by atoms with van der Waals surface area (Å²) in [6, 6.07) is 22.8. The van der Waals surface area contributed by atoms with Crippen LogP contribution in [0.2, 0.25) is 0 Å². The van der Waals surface area contributed by atoms with Gasteiger partial charge in [0.15, 0.2) is 6.54 Å². The molecular weight excluding hydrogens is 1640 g/mol. The van der Waals surface area contributed by atoms with E-state index in [9.17, 15) is 31.0 Å². The van der Waals surface area contributed by atoms with E-state index in [1.807, 2.05) is 7.05 Å². The van der Waals surface area contributed by atoms with Crippen LogP contribution in [0.15, 0.2) is 176 Å². The zero-order valence-corrected chi connectivity index (χ0v) is 81.5. The number of aliphatic hydroxyl groups excluding tert-OH is 1. The fourth-order valence-electron chi connectivity index (χ4n) is 17.5. The van der Waals surface area contributed by atoms with Crippen molar-refractivity contribution in [1.29, 1.82) is 0 Å². The van der Waals surface area contributed by atoms with Gasteiger partial charge in [-0.3, -0.25) is 0 Å². The molecule has 125 heavy (non-hydrogen) atoms. The number of benzene rings is 4. The number of methoxy groups -OCH3 is 4. The van der Waals surface area contributed by atoms with Crippen LogP contribution in [0.3, 0.4) is 0 Å². The molecule has 6 aliphatic rings. The largest absolute Gasteiger partial charge is 1.00 e. The molecule has 0 aromatic heterocycles. The first kappa shape index (κ1) is 104. The number of aryl methyl sites for hydroxylation is 2. The minimum absolute atomic E-state index is 0. The Morgan fingerprint density at radius 3 is 0.856 bits per heavy atom. The molecule has 2 aliphatic carbocycles. The third-order valence-corrected chi connectivity index (χ3v) is 25.6. The first-order chi connectivity index (χ1) is 59.3. The van der Waals surface area contributed by atoms with Gasteiger partial charge in [-0.25, -0.2) is 26.0 Å². The molecule has 684 valence electrons. The van der Waals surface area contributed by atoms with Gasteiger partial charge in [0.1, 0.15) is 47.5 Å². The summed E-state index contributed by atoms with van der Waals surface area (Å²) in [5.74, 6) is 0. The quantitative estimate of drug-likeness (QED) is 0.0186. The fraction of sp³-hybridized carbons (Fsp3) is 0.567. The molecule has 0 saturated heterocycles. The number of hydrogen-bond acceptors (Lipinski definition) is 23. The molecule has 0 bridgehead atoms. The van der Waals surface area contributed by atoms with Gasteiger partial charge in [0.05, 0.1) is 142 Å². The summed E-state index contributed by atoms with van der Waals surface area (Å²) in [6.45, 7) is 37.9. The molecule has 4 aromatic carbocycles. The van der Waals surface area contributed by atoms with Crippen LogP contribution in [0.4, 0.5) is 22.7 Å². The molecule has 4 aromatic rings. The van der Waals surface area contributed by atoms with E-state index in [1.54, 1.807) is 46.6 Å². The van der Waals surface area contributed by atoms with Crippen LogP contribution in [0.1, 0.15) is 141 Å². The Morgan fingerprint density at radius 1 is 0.368 bits per heavy atom. The third-order valence-electron chi connectivity index (χ3n) is 24.0. The molecule has 0 amide bonds. The molecule has 0 spiro atoms. The average Bonchev–Trinajstić information content (AvgIpc) is 1.60. The van der Waals surface area contributed by atoms with E-state index in [4.69, 9.17) is 56.8 Å². The average molecular weight is 1780 g/mol. The molecule has 25 nitrogen and oxygen atoms in total. The molecule has 28 heteroatoms. The van der Waals surface area contributed by atoms with Crippen LogP contribution in [-0.4, -0.2) is 272 Å². The van der Waals surface area contributed by atoms with Crippen LogP contribution < -0.4 is 49.2 Å². The summed E-state index contributed by atoms with van der Waals surface area (Å²) >= 11 is 0. The van der Waals surface area contributed by atoms with Crippen molar-refractivity contribution in [3.05, 3.63) is 200 Å². The topological polar surface area (TPSA) is 264 Å². The summed E-state index contributed by atoms with van der Waals surface area (Å²) in [6.07, 6.45) is 24.6. The van der Waals surface area contributed by atoms with Crippen molar-refractivity contribution in [3.63, 3.8) is 0 Å². The molecule has 2 fully saturated rings. The van der Waals surface area contributed by atoms with Crippen LogP contribution in [-0.2, 0) is 98.7 Å². The zero-order valence-electron chi connectivity index (χ0n) is 77.9. The van der Waals surface area contributed by atoms with Gasteiger partial charge in [-0.2, -0.15) is 0 Å².